The Morgan fingerprint density at radius 3 is 2.64 bits per heavy atom. The van der Waals surface area contributed by atoms with Gasteiger partial charge in [0, 0.05) is 25.4 Å². The van der Waals surface area contributed by atoms with Crippen LogP contribution in [0.25, 0.3) is 0 Å². The van der Waals surface area contributed by atoms with E-state index in [2.05, 4.69) is 4.90 Å². The zero-order chi connectivity index (χ0) is 9.69. The predicted molar refractivity (Wildman–Crippen MR) is 43.8 cm³/mol. The van der Waals surface area contributed by atoms with Crippen molar-refractivity contribution in [1.82, 2.24) is 4.90 Å². The van der Waals surface area contributed by atoms with Crippen molar-refractivity contribution >= 4 is 10.1 Å². The molecule has 0 amide bonds. The summed E-state index contributed by atoms with van der Waals surface area (Å²) in [5.41, 5.74) is 0. The molecule has 3 unspecified atom stereocenters. The van der Waals surface area contributed by atoms with Crippen LogP contribution in [0.4, 0.5) is 0 Å². The van der Waals surface area contributed by atoms with E-state index in [1.165, 1.54) is 0 Å². The molecule has 0 radical (unpaired) electrons. The normalized spacial score (nSPS) is 41.9. The first-order valence-electron chi connectivity index (χ1n) is 4.34. The Balaban J connectivity index is 0.000000980. The molecule has 7 heteroatoms. The summed E-state index contributed by atoms with van der Waals surface area (Å²) in [6.45, 7) is 1.84. The van der Waals surface area contributed by atoms with E-state index in [1.54, 1.807) is 0 Å². The first-order chi connectivity index (χ1) is 5.93. The molecule has 14 heavy (non-hydrogen) atoms. The van der Waals surface area contributed by atoms with Crippen LogP contribution < -0.4 is 29.6 Å². The van der Waals surface area contributed by atoms with Crippen molar-refractivity contribution in [2.75, 3.05) is 19.6 Å². The van der Waals surface area contributed by atoms with Gasteiger partial charge in [-0.25, -0.2) is 8.42 Å². The van der Waals surface area contributed by atoms with E-state index in [-0.39, 0.29) is 41.9 Å². The maximum Gasteiger partial charge on any atom is 1.00 e. The number of aliphatic hydroxyl groups is 1. The summed E-state index contributed by atoms with van der Waals surface area (Å²) >= 11 is 0. The largest absolute Gasteiger partial charge is 1.00 e. The number of piperidine rings is 1. The SMILES string of the molecule is O=S(=O)([O-])C1(O)CCN2CCC1C2.[Na+]. The maximum absolute atomic E-state index is 10.9. The van der Waals surface area contributed by atoms with Crippen LogP contribution in [0.5, 0.6) is 0 Å². The van der Waals surface area contributed by atoms with Crippen LogP contribution in [-0.2, 0) is 10.1 Å². The second kappa shape index (κ2) is 4.01. The quantitative estimate of drug-likeness (QED) is 0.365. The van der Waals surface area contributed by atoms with E-state index in [1.807, 2.05) is 0 Å². The van der Waals surface area contributed by atoms with Crippen LogP contribution in [0, 0.1) is 5.92 Å². The molecule has 2 bridgehead atoms. The summed E-state index contributed by atoms with van der Waals surface area (Å²) in [6.07, 6.45) is 0.668. The Bertz CT molecular complexity index is 320. The monoisotopic (exact) mass is 229 g/mol. The molecule has 0 aliphatic carbocycles. The van der Waals surface area contributed by atoms with Gasteiger partial charge in [0.15, 0.2) is 4.93 Å². The Kier molecular flexibility index (Phi) is 3.69. The Morgan fingerprint density at radius 2 is 2.07 bits per heavy atom. The van der Waals surface area contributed by atoms with Gasteiger partial charge in [-0.05, 0) is 13.0 Å². The van der Waals surface area contributed by atoms with E-state index in [0.717, 1.165) is 6.54 Å². The van der Waals surface area contributed by atoms with Crippen molar-refractivity contribution in [3.63, 3.8) is 0 Å². The third kappa shape index (κ3) is 1.89. The number of nitrogens with zero attached hydrogens (tertiary/aromatic N) is 1. The van der Waals surface area contributed by atoms with E-state index < -0.39 is 15.1 Å². The molecule has 3 atom stereocenters. The molecular formula is C7H12NNaO4S. The van der Waals surface area contributed by atoms with Crippen LogP contribution in [0.2, 0.25) is 0 Å². The van der Waals surface area contributed by atoms with Gasteiger partial charge in [-0.15, -0.1) is 0 Å². The van der Waals surface area contributed by atoms with Gasteiger partial charge >= 0.3 is 29.6 Å². The van der Waals surface area contributed by atoms with Gasteiger partial charge < -0.3 is 14.6 Å². The van der Waals surface area contributed by atoms with E-state index in [9.17, 15) is 18.1 Å². The minimum atomic E-state index is -4.58. The molecule has 0 saturated carbocycles. The zero-order valence-electron chi connectivity index (χ0n) is 8.14. The van der Waals surface area contributed by atoms with E-state index >= 15 is 0 Å². The molecule has 2 heterocycles. The fourth-order valence-corrected chi connectivity index (χ4v) is 3.20. The number of hydrogen-bond donors (Lipinski definition) is 1. The minimum Gasteiger partial charge on any atom is -0.746 e. The molecule has 2 fully saturated rings. The predicted octanol–water partition coefficient (Wildman–Crippen LogP) is -4.05. The number of fused-ring (bicyclic) bond motifs is 2. The van der Waals surface area contributed by atoms with Crippen LogP contribution in [0.15, 0.2) is 0 Å². The van der Waals surface area contributed by atoms with Crippen LogP contribution in [0.3, 0.4) is 0 Å². The van der Waals surface area contributed by atoms with Crippen molar-refractivity contribution < 1.29 is 47.6 Å². The van der Waals surface area contributed by atoms with Crippen molar-refractivity contribution in [3.8, 4) is 0 Å². The van der Waals surface area contributed by atoms with Crippen molar-refractivity contribution in [2.24, 2.45) is 5.92 Å². The third-order valence-corrected chi connectivity index (χ3v) is 4.53. The summed E-state index contributed by atoms with van der Waals surface area (Å²) in [5, 5.41) is 9.77. The van der Waals surface area contributed by atoms with Gasteiger partial charge in [0.25, 0.3) is 0 Å². The second-order valence-electron chi connectivity index (χ2n) is 3.84. The molecule has 2 aliphatic rings. The number of rotatable bonds is 1. The molecule has 2 aliphatic heterocycles. The fraction of sp³-hybridized carbons (Fsp3) is 1.00. The van der Waals surface area contributed by atoms with Crippen molar-refractivity contribution in [3.05, 3.63) is 0 Å². The van der Waals surface area contributed by atoms with Crippen molar-refractivity contribution in [1.29, 1.82) is 0 Å². The molecule has 1 N–H and O–H groups in total. The molecule has 0 aromatic rings. The first-order valence-corrected chi connectivity index (χ1v) is 5.74. The van der Waals surface area contributed by atoms with Gasteiger partial charge in [0.2, 0.25) is 0 Å². The average molecular weight is 229 g/mol. The Morgan fingerprint density at radius 1 is 1.43 bits per heavy atom. The van der Waals surface area contributed by atoms with Crippen LogP contribution in [-0.4, -0.2) is 47.5 Å². The maximum atomic E-state index is 10.9. The first kappa shape index (κ1) is 12.9. The summed E-state index contributed by atoms with van der Waals surface area (Å²) in [5.74, 6) is -0.385. The summed E-state index contributed by atoms with van der Waals surface area (Å²) in [4.78, 5) is 0.0737. The van der Waals surface area contributed by atoms with E-state index in [4.69, 9.17) is 0 Å². The molecular weight excluding hydrogens is 217 g/mol. The molecule has 0 aromatic carbocycles. The average Bonchev–Trinajstić information content (AvgIpc) is 2.41. The standard InChI is InChI=1S/C7H13NO4S.Na/c9-7(13(10,11)12)2-4-8-3-1-6(7)5-8;/h6,9H,1-5H2,(H,10,11,12);/q;+1/p-1. The molecule has 0 spiro atoms. The van der Waals surface area contributed by atoms with Gasteiger partial charge in [0.1, 0.15) is 10.1 Å². The van der Waals surface area contributed by atoms with Crippen LogP contribution >= 0.6 is 0 Å². The molecule has 76 valence electrons. The Labute approximate surface area is 106 Å². The summed E-state index contributed by atoms with van der Waals surface area (Å²) < 4.78 is 32.6. The Hall–Kier alpha value is 0.830. The minimum absolute atomic E-state index is 0. The van der Waals surface area contributed by atoms with Gasteiger partial charge in [-0.2, -0.15) is 0 Å². The molecule has 0 aromatic heterocycles. The third-order valence-electron chi connectivity index (χ3n) is 3.13. The smallest absolute Gasteiger partial charge is 0.746 e. The van der Waals surface area contributed by atoms with Crippen molar-refractivity contribution in [2.45, 2.75) is 17.8 Å². The summed E-state index contributed by atoms with van der Waals surface area (Å²) in [6, 6.07) is 0. The topological polar surface area (TPSA) is 80.7 Å². The second-order valence-corrected chi connectivity index (χ2v) is 5.45. The molecule has 5 nitrogen and oxygen atoms in total. The zero-order valence-corrected chi connectivity index (χ0v) is 11.0. The van der Waals surface area contributed by atoms with Gasteiger partial charge in [0.05, 0.1) is 0 Å². The number of hydrogen-bond acceptors (Lipinski definition) is 5. The fourth-order valence-electron chi connectivity index (χ4n) is 2.26. The molecule has 2 rings (SSSR count). The summed E-state index contributed by atoms with van der Waals surface area (Å²) in [7, 11) is -4.58. The molecule has 2 saturated heterocycles. The van der Waals surface area contributed by atoms with Gasteiger partial charge in [-0.3, -0.25) is 0 Å². The van der Waals surface area contributed by atoms with Crippen LogP contribution in [0.1, 0.15) is 12.8 Å². The van der Waals surface area contributed by atoms with E-state index in [0.29, 0.717) is 19.5 Å². The van der Waals surface area contributed by atoms with Gasteiger partial charge in [-0.1, -0.05) is 0 Å².